The molecular weight excluding hydrogens is 329 g/mol. The lowest BCUT2D eigenvalue weighted by molar-refractivity contribution is -0.137. The van der Waals surface area contributed by atoms with Crippen LogP contribution < -0.4 is 5.06 Å². The highest BCUT2D eigenvalue weighted by atomic mass is 19.4. The summed E-state index contributed by atoms with van der Waals surface area (Å²) in [5, 5.41) is 2.24. The van der Waals surface area contributed by atoms with Crippen LogP contribution in [-0.4, -0.2) is 11.6 Å². The highest BCUT2D eigenvalue weighted by Crippen LogP contribution is 2.36. The number of aryl methyl sites for hydroxylation is 1. The molecule has 0 atom stereocenters. The highest BCUT2D eigenvalue weighted by Gasteiger charge is 2.31. The lowest BCUT2D eigenvalue weighted by Crippen LogP contribution is -2.19. The zero-order valence-corrected chi connectivity index (χ0v) is 13.8. The molecule has 6 heteroatoms. The van der Waals surface area contributed by atoms with Gasteiger partial charge in [0.1, 0.15) is 0 Å². The smallest absolute Gasteiger partial charge is 0.269 e. The molecule has 0 aliphatic carbocycles. The van der Waals surface area contributed by atoms with Crippen molar-refractivity contribution in [2.75, 3.05) is 11.7 Å². The lowest BCUT2D eigenvalue weighted by Gasteiger charge is -2.25. The average Bonchev–Trinajstić information content (AvgIpc) is 2.58. The topological polar surface area (TPSA) is 25.4 Å². The first kappa shape index (κ1) is 17.2. The lowest BCUT2D eigenvalue weighted by atomic mass is 10.1. The van der Waals surface area contributed by atoms with E-state index in [0.717, 1.165) is 28.7 Å². The van der Waals surface area contributed by atoms with Crippen molar-refractivity contribution < 1.29 is 18.0 Å². The molecule has 3 aromatic rings. The molecule has 1 heterocycles. The van der Waals surface area contributed by atoms with Gasteiger partial charge in [0.05, 0.1) is 29.1 Å². The number of rotatable bonds is 4. The van der Waals surface area contributed by atoms with E-state index in [2.05, 4.69) is 4.98 Å². The van der Waals surface area contributed by atoms with Crippen molar-refractivity contribution in [3.05, 3.63) is 65.9 Å². The molecule has 0 amide bonds. The van der Waals surface area contributed by atoms with E-state index >= 15 is 0 Å². The number of aromatic nitrogens is 1. The Balaban J connectivity index is 2.18. The van der Waals surface area contributed by atoms with Gasteiger partial charge in [-0.3, -0.25) is 9.82 Å². The summed E-state index contributed by atoms with van der Waals surface area (Å²) in [4.78, 5) is 10.2. The van der Waals surface area contributed by atoms with Crippen molar-refractivity contribution in [1.29, 1.82) is 0 Å². The van der Waals surface area contributed by atoms with Crippen molar-refractivity contribution in [2.45, 2.75) is 20.0 Å². The van der Waals surface area contributed by atoms with Crippen LogP contribution in [-0.2, 0) is 11.0 Å². The van der Waals surface area contributed by atoms with Crippen LogP contribution in [0, 0.1) is 6.92 Å². The monoisotopic (exact) mass is 346 g/mol. The van der Waals surface area contributed by atoms with Gasteiger partial charge in [-0.25, -0.2) is 5.06 Å². The highest BCUT2D eigenvalue weighted by molar-refractivity contribution is 5.93. The van der Waals surface area contributed by atoms with E-state index in [-0.39, 0.29) is 0 Å². The zero-order valence-electron chi connectivity index (χ0n) is 13.8. The van der Waals surface area contributed by atoms with E-state index in [0.29, 0.717) is 18.0 Å². The summed E-state index contributed by atoms with van der Waals surface area (Å²) in [7, 11) is 0. The van der Waals surface area contributed by atoms with Crippen LogP contribution in [0.25, 0.3) is 10.9 Å². The Bertz CT molecular complexity index is 893. The van der Waals surface area contributed by atoms with Gasteiger partial charge in [0, 0.05) is 11.1 Å². The van der Waals surface area contributed by atoms with Crippen molar-refractivity contribution in [3.8, 4) is 0 Å². The molecule has 130 valence electrons. The summed E-state index contributed by atoms with van der Waals surface area (Å²) >= 11 is 0. The maximum Gasteiger partial charge on any atom is 0.416 e. The van der Waals surface area contributed by atoms with Crippen molar-refractivity contribution in [3.63, 3.8) is 0 Å². The van der Waals surface area contributed by atoms with E-state index in [1.165, 1.54) is 11.1 Å². The number of nitrogens with zero attached hydrogens (tertiary/aromatic N) is 2. The molecule has 0 radical (unpaired) electrons. The molecule has 0 bridgehead atoms. The number of para-hydroxylation sites is 1. The second-order valence-electron chi connectivity index (χ2n) is 5.56. The standard InChI is InChI=1S/C19H17F3N2O/c1-3-25-24(15-8-6-7-14(12-15)19(20,21)22)18-11-13(2)23-17-10-5-4-9-16(17)18/h4-12H,3H2,1-2H3. The number of anilines is 2. The Hall–Kier alpha value is -2.60. The minimum absolute atomic E-state index is 0.311. The van der Waals surface area contributed by atoms with Gasteiger partial charge in [-0.15, -0.1) is 0 Å². The Morgan fingerprint density at radius 3 is 2.52 bits per heavy atom. The SMILES string of the molecule is CCON(c1cccc(C(F)(F)F)c1)c1cc(C)nc2ccccc12. The van der Waals surface area contributed by atoms with Gasteiger partial charge in [-0.2, -0.15) is 13.2 Å². The number of benzene rings is 2. The third-order valence-corrected chi connectivity index (χ3v) is 3.71. The van der Waals surface area contributed by atoms with E-state index in [1.54, 1.807) is 19.1 Å². The fourth-order valence-electron chi connectivity index (χ4n) is 2.67. The van der Waals surface area contributed by atoms with Crippen LogP contribution in [0.5, 0.6) is 0 Å². The third-order valence-electron chi connectivity index (χ3n) is 3.71. The van der Waals surface area contributed by atoms with Gasteiger partial charge < -0.3 is 0 Å². The Morgan fingerprint density at radius 2 is 1.80 bits per heavy atom. The second-order valence-corrected chi connectivity index (χ2v) is 5.56. The molecule has 3 rings (SSSR count). The summed E-state index contributed by atoms with van der Waals surface area (Å²) in [5.74, 6) is 0. The molecule has 0 N–H and O–H groups in total. The first-order valence-electron chi connectivity index (χ1n) is 7.87. The van der Waals surface area contributed by atoms with Gasteiger partial charge in [-0.1, -0.05) is 24.3 Å². The molecule has 0 aliphatic heterocycles. The van der Waals surface area contributed by atoms with Crippen molar-refractivity contribution in [1.82, 2.24) is 4.98 Å². The average molecular weight is 346 g/mol. The Kier molecular flexibility index (Phi) is 4.63. The summed E-state index contributed by atoms with van der Waals surface area (Å²) < 4.78 is 39.2. The molecule has 0 unspecified atom stereocenters. The van der Waals surface area contributed by atoms with E-state index in [4.69, 9.17) is 4.84 Å². The first-order chi connectivity index (χ1) is 11.9. The van der Waals surface area contributed by atoms with Gasteiger partial charge >= 0.3 is 6.18 Å². The van der Waals surface area contributed by atoms with E-state index < -0.39 is 11.7 Å². The molecule has 0 fully saturated rings. The molecule has 0 spiro atoms. The maximum atomic E-state index is 13.1. The Morgan fingerprint density at radius 1 is 1.04 bits per heavy atom. The third kappa shape index (κ3) is 3.58. The number of hydrogen-bond donors (Lipinski definition) is 0. The van der Waals surface area contributed by atoms with Gasteiger partial charge in [0.2, 0.25) is 0 Å². The number of alkyl halides is 3. The van der Waals surface area contributed by atoms with Gasteiger partial charge in [-0.05, 0) is 44.2 Å². The largest absolute Gasteiger partial charge is 0.416 e. The molecule has 0 saturated heterocycles. The molecule has 25 heavy (non-hydrogen) atoms. The van der Waals surface area contributed by atoms with Crippen LogP contribution in [0.1, 0.15) is 18.2 Å². The molecule has 0 saturated carbocycles. The van der Waals surface area contributed by atoms with Crippen LogP contribution in [0.15, 0.2) is 54.6 Å². The number of hydrogen-bond acceptors (Lipinski definition) is 3. The Labute approximate surface area is 143 Å². The van der Waals surface area contributed by atoms with Crippen LogP contribution >= 0.6 is 0 Å². The molecule has 2 aromatic carbocycles. The second kappa shape index (κ2) is 6.72. The fourth-order valence-corrected chi connectivity index (χ4v) is 2.67. The number of halogens is 3. The summed E-state index contributed by atoms with van der Waals surface area (Å²) in [6.45, 7) is 3.94. The van der Waals surface area contributed by atoms with Crippen LogP contribution in [0.2, 0.25) is 0 Å². The molecular formula is C19H17F3N2O. The minimum atomic E-state index is -4.41. The summed E-state index contributed by atoms with van der Waals surface area (Å²) in [6, 6.07) is 14.4. The molecule has 0 aliphatic rings. The van der Waals surface area contributed by atoms with Crippen LogP contribution in [0.4, 0.5) is 24.5 Å². The summed E-state index contributed by atoms with van der Waals surface area (Å²) in [6.07, 6.45) is -4.41. The zero-order chi connectivity index (χ0) is 18.0. The quantitative estimate of drug-likeness (QED) is 0.571. The number of fused-ring (bicyclic) bond motifs is 1. The van der Waals surface area contributed by atoms with Crippen molar-refractivity contribution in [2.24, 2.45) is 0 Å². The maximum absolute atomic E-state index is 13.1. The number of pyridine rings is 1. The van der Waals surface area contributed by atoms with E-state index in [1.807, 2.05) is 31.2 Å². The fraction of sp³-hybridized carbons (Fsp3) is 0.211. The normalized spacial score (nSPS) is 11.7. The molecule has 1 aromatic heterocycles. The predicted molar refractivity (Wildman–Crippen MR) is 91.7 cm³/mol. The van der Waals surface area contributed by atoms with Crippen LogP contribution in [0.3, 0.4) is 0 Å². The minimum Gasteiger partial charge on any atom is -0.269 e. The summed E-state index contributed by atoms with van der Waals surface area (Å²) in [5.41, 5.74) is 1.76. The molecule has 3 nitrogen and oxygen atoms in total. The van der Waals surface area contributed by atoms with Gasteiger partial charge in [0.25, 0.3) is 0 Å². The van der Waals surface area contributed by atoms with Gasteiger partial charge in [0.15, 0.2) is 0 Å². The first-order valence-corrected chi connectivity index (χ1v) is 7.87. The predicted octanol–water partition coefficient (Wildman–Crippen LogP) is 5.65. The van der Waals surface area contributed by atoms with Crippen molar-refractivity contribution >= 4 is 22.3 Å². The van der Waals surface area contributed by atoms with E-state index in [9.17, 15) is 13.2 Å².